The smallest absolute Gasteiger partial charge is 0.272 e. The molecule has 2 saturated carbocycles. The van der Waals surface area contributed by atoms with Crippen molar-refractivity contribution >= 4 is 28.8 Å². The molecule has 0 radical (unpaired) electrons. The number of hydrogen-bond acceptors (Lipinski definition) is 5. The highest BCUT2D eigenvalue weighted by atomic mass is 19.2. The Balaban J connectivity index is 1.11. The van der Waals surface area contributed by atoms with Crippen molar-refractivity contribution in [1.29, 1.82) is 0 Å². The molecule has 1 aromatic heterocycles. The molecule has 2 aliphatic carbocycles. The zero-order valence-corrected chi connectivity index (χ0v) is 18.7. The summed E-state index contributed by atoms with van der Waals surface area (Å²) in [5.41, 5.74) is 5.11. The number of aliphatic imine (C=N–C) groups is 1. The molecule has 3 aliphatic rings. The molecule has 1 aromatic carbocycles. The Hall–Kier alpha value is -3.20. The van der Waals surface area contributed by atoms with Gasteiger partial charge in [-0.25, -0.2) is 13.8 Å². The van der Waals surface area contributed by atoms with E-state index in [1.165, 1.54) is 31.7 Å². The summed E-state index contributed by atoms with van der Waals surface area (Å²) in [7, 11) is 0. The number of hydrogen-bond donors (Lipinski definition) is 3. The van der Waals surface area contributed by atoms with Crippen LogP contribution < -0.4 is 10.7 Å². The second-order valence-electron chi connectivity index (χ2n) is 9.71. The lowest BCUT2D eigenvalue weighted by Crippen LogP contribution is -2.43. The van der Waals surface area contributed by atoms with Crippen LogP contribution >= 0.6 is 0 Å². The molecule has 0 bridgehead atoms. The van der Waals surface area contributed by atoms with Gasteiger partial charge in [0.2, 0.25) is 0 Å². The van der Waals surface area contributed by atoms with Gasteiger partial charge in [0.25, 0.3) is 5.91 Å². The van der Waals surface area contributed by atoms with Crippen LogP contribution in [0.25, 0.3) is 0 Å². The summed E-state index contributed by atoms with van der Waals surface area (Å²) < 4.78 is 26.4. The van der Waals surface area contributed by atoms with Crippen molar-refractivity contribution in [3.05, 3.63) is 53.9 Å². The average Bonchev–Trinajstić information content (AvgIpc) is 3.27. The highest BCUT2D eigenvalue weighted by molar-refractivity contribution is 6.47. The second-order valence-corrected chi connectivity index (χ2v) is 9.71. The van der Waals surface area contributed by atoms with Crippen molar-refractivity contribution in [2.45, 2.75) is 57.5 Å². The number of anilines is 1. The van der Waals surface area contributed by atoms with Crippen LogP contribution in [0.2, 0.25) is 0 Å². The van der Waals surface area contributed by atoms with Gasteiger partial charge in [0.05, 0.1) is 30.1 Å². The van der Waals surface area contributed by atoms with E-state index in [4.69, 9.17) is 0 Å². The van der Waals surface area contributed by atoms with Crippen molar-refractivity contribution in [3.8, 4) is 0 Å². The van der Waals surface area contributed by atoms with Gasteiger partial charge in [-0.2, -0.15) is 5.10 Å². The van der Waals surface area contributed by atoms with Gasteiger partial charge in [-0.05, 0) is 80.5 Å². The Morgan fingerprint density at radius 3 is 2.65 bits per heavy atom. The maximum Gasteiger partial charge on any atom is 0.272 e. The summed E-state index contributed by atoms with van der Waals surface area (Å²) in [6.45, 7) is 0. The molecule has 2 aromatic rings. The number of rotatable bonds is 5. The Bertz CT molecular complexity index is 1130. The van der Waals surface area contributed by atoms with E-state index in [9.17, 15) is 18.7 Å². The third-order valence-corrected chi connectivity index (χ3v) is 7.17. The molecule has 0 unspecified atom stereocenters. The summed E-state index contributed by atoms with van der Waals surface area (Å²) >= 11 is 0. The summed E-state index contributed by atoms with van der Waals surface area (Å²) in [6, 6.07) is 7.11. The van der Waals surface area contributed by atoms with Gasteiger partial charge in [0, 0.05) is 11.8 Å². The molecule has 3 N–H and O–H groups in total. The first-order valence-electron chi connectivity index (χ1n) is 11.7. The van der Waals surface area contributed by atoms with Crippen LogP contribution in [0.5, 0.6) is 0 Å². The number of nitrogens with zero attached hydrogens (tertiary/aromatic N) is 3. The monoisotopic (exact) mass is 467 g/mol. The van der Waals surface area contributed by atoms with Crippen LogP contribution in [0, 0.1) is 23.0 Å². The number of hydrazone groups is 1. The first-order valence-corrected chi connectivity index (χ1v) is 11.7. The maximum absolute atomic E-state index is 13.3. The van der Waals surface area contributed by atoms with Gasteiger partial charge in [-0.3, -0.25) is 15.2 Å². The molecule has 9 heteroatoms. The van der Waals surface area contributed by atoms with E-state index >= 15 is 0 Å². The molecule has 0 saturated heterocycles. The number of pyridine rings is 1. The van der Waals surface area contributed by atoms with E-state index in [0.717, 1.165) is 37.1 Å². The number of amidine groups is 1. The minimum absolute atomic E-state index is 0.0924. The summed E-state index contributed by atoms with van der Waals surface area (Å²) in [5.74, 6) is -1.32. The van der Waals surface area contributed by atoms with Gasteiger partial charge < -0.3 is 10.4 Å². The zero-order chi connectivity index (χ0) is 23.7. The molecule has 34 heavy (non-hydrogen) atoms. The molecule has 7 nitrogen and oxygen atoms in total. The fourth-order valence-corrected chi connectivity index (χ4v) is 5.24. The number of aliphatic hydroxyl groups excluding tert-OH is 1. The maximum atomic E-state index is 13.3. The van der Waals surface area contributed by atoms with Gasteiger partial charge in [0.1, 0.15) is 11.5 Å². The van der Waals surface area contributed by atoms with Gasteiger partial charge >= 0.3 is 0 Å². The van der Waals surface area contributed by atoms with E-state index in [1.807, 2.05) is 12.1 Å². The van der Waals surface area contributed by atoms with E-state index in [-0.39, 0.29) is 29.8 Å². The van der Waals surface area contributed by atoms with E-state index in [2.05, 4.69) is 25.8 Å². The first-order chi connectivity index (χ1) is 16.4. The minimum atomic E-state index is -0.986. The largest absolute Gasteiger partial charge is 0.393 e. The fraction of sp³-hybridized carbons (Fsp3) is 0.440. The van der Waals surface area contributed by atoms with Crippen LogP contribution in [0.1, 0.15) is 50.6 Å². The molecule has 1 amide bonds. The van der Waals surface area contributed by atoms with Crippen molar-refractivity contribution in [2.24, 2.45) is 21.4 Å². The van der Waals surface area contributed by atoms with E-state index < -0.39 is 11.6 Å². The first kappa shape index (κ1) is 22.6. The van der Waals surface area contributed by atoms with Crippen LogP contribution in [0.3, 0.4) is 0 Å². The molecule has 2 fully saturated rings. The van der Waals surface area contributed by atoms with Crippen molar-refractivity contribution in [1.82, 2.24) is 10.4 Å². The Morgan fingerprint density at radius 1 is 1.18 bits per heavy atom. The zero-order valence-electron chi connectivity index (χ0n) is 18.7. The van der Waals surface area contributed by atoms with E-state index in [0.29, 0.717) is 22.9 Å². The number of carbonyl (C=O) groups excluding carboxylic acids is 1. The topological polar surface area (TPSA) is 99.0 Å². The number of aromatic nitrogens is 1. The van der Waals surface area contributed by atoms with Crippen LogP contribution in [-0.4, -0.2) is 33.6 Å². The quantitative estimate of drug-likeness (QED) is 0.612. The van der Waals surface area contributed by atoms with E-state index in [1.54, 1.807) is 6.20 Å². The number of nitrogens with one attached hydrogen (secondary N) is 2. The predicted molar refractivity (Wildman–Crippen MR) is 125 cm³/mol. The van der Waals surface area contributed by atoms with Crippen LogP contribution in [-0.2, 0) is 11.2 Å². The Kier molecular flexibility index (Phi) is 6.12. The Labute approximate surface area is 196 Å². The molecule has 1 spiro atoms. The lowest BCUT2D eigenvalue weighted by atomic mass is 9.57. The lowest BCUT2D eigenvalue weighted by molar-refractivity contribution is -0.110. The number of amides is 1. The highest BCUT2D eigenvalue weighted by Gasteiger charge is 2.45. The van der Waals surface area contributed by atoms with Crippen LogP contribution in [0.4, 0.5) is 20.2 Å². The fourth-order valence-electron chi connectivity index (χ4n) is 5.24. The van der Waals surface area contributed by atoms with Crippen molar-refractivity contribution in [3.63, 3.8) is 0 Å². The normalized spacial score (nSPS) is 27.3. The van der Waals surface area contributed by atoms with Crippen molar-refractivity contribution in [2.75, 3.05) is 5.32 Å². The number of halogens is 2. The number of aliphatic hydroxyl groups is 1. The summed E-state index contributed by atoms with van der Waals surface area (Å²) in [4.78, 5) is 21.2. The SMILES string of the molecule is O=C(Nc1ccc(CC2CCC3(CC2)CC(O)C3)nc1)C1=NNC(=Nc2ccc(F)c(F)c2)C1. The van der Waals surface area contributed by atoms with Gasteiger partial charge in [-0.1, -0.05) is 0 Å². The lowest BCUT2D eigenvalue weighted by Gasteiger charge is -2.49. The third kappa shape index (κ3) is 4.99. The second kappa shape index (κ2) is 9.21. The summed E-state index contributed by atoms with van der Waals surface area (Å²) in [5, 5.41) is 16.4. The predicted octanol–water partition coefficient (Wildman–Crippen LogP) is 4.25. The van der Waals surface area contributed by atoms with Crippen LogP contribution in [0.15, 0.2) is 46.6 Å². The van der Waals surface area contributed by atoms with Gasteiger partial charge in [0.15, 0.2) is 11.6 Å². The third-order valence-electron chi connectivity index (χ3n) is 7.17. The van der Waals surface area contributed by atoms with Crippen molar-refractivity contribution < 1.29 is 18.7 Å². The average molecular weight is 468 g/mol. The molecule has 2 heterocycles. The molecule has 178 valence electrons. The standard InChI is InChI=1S/C25H27F2N5O2/c26-20-4-3-17(10-21(20)27)29-23-11-22(31-32-23)24(34)30-18-2-1-16(28-14-18)9-15-5-7-25(8-6-15)12-19(33)13-25/h1-4,10,14-15,19,33H,5-9,11-13H2,(H,29,32)(H,30,34). The summed E-state index contributed by atoms with van der Waals surface area (Å²) in [6.07, 6.45) is 9.30. The molecule has 1 aliphatic heterocycles. The Morgan fingerprint density at radius 2 is 1.97 bits per heavy atom. The molecule has 0 atom stereocenters. The highest BCUT2D eigenvalue weighted by Crippen LogP contribution is 2.53. The molecule has 5 rings (SSSR count). The van der Waals surface area contributed by atoms with Gasteiger partial charge in [-0.15, -0.1) is 0 Å². The number of carbonyl (C=O) groups is 1. The molecular weight excluding hydrogens is 440 g/mol. The molecular formula is C25H27F2N5O2. The minimum Gasteiger partial charge on any atom is -0.393 e. The number of benzene rings is 1.